The van der Waals surface area contributed by atoms with Gasteiger partial charge in [0.25, 0.3) is 5.91 Å². The number of piperazine rings is 1. The Morgan fingerprint density at radius 3 is 2.54 bits per heavy atom. The number of hydrogen-bond acceptors (Lipinski definition) is 7. The van der Waals surface area contributed by atoms with E-state index in [2.05, 4.69) is 25.1 Å². The Balaban J connectivity index is 1.35. The number of nitrogens with zero attached hydrogens (tertiary/aromatic N) is 4. The number of rotatable bonds is 5. The third-order valence-electron chi connectivity index (χ3n) is 5.25. The van der Waals surface area contributed by atoms with Gasteiger partial charge in [-0.15, -0.1) is 11.3 Å². The molecule has 3 N–H and O–H groups in total. The van der Waals surface area contributed by atoms with Gasteiger partial charge in [-0.3, -0.25) is 14.5 Å². The molecule has 0 spiro atoms. The maximum atomic E-state index is 12.6. The summed E-state index contributed by atoms with van der Waals surface area (Å²) in [6, 6.07) is 1.80. The predicted octanol–water partition coefficient (Wildman–Crippen LogP) is 1.28. The van der Waals surface area contributed by atoms with E-state index in [-0.39, 0.29) is 5.91 Å². The van der Waals surface area contributed by atoms with Crippen molar-refractivity contribution in [2.45, 2.75) is 25.7 Å². The highest BCUT2D eigenvalue weighted by atomic mass is 32.1. The maximum Gasteiger partial charge on any atom is 0.251 e. The van der Waals surface area contributed by atoms with Gasteiger partial charge in [0, 0.05) is 43.4 Å². The first-order valence-corrected chi connectivity index (χ1v) is 10.4. The van der Waals surface area contributed by atoms with Gasteiger partial charge >= 0.3 is 0 Å². The number of anilines is 2. The van der Waals surface area contributed by atoms with Crippen LogP contribution in [0.2, 0.25) is 0 Å². The number of carbonyl (C=O) groups is 2. The molecule has 148 valence electrons. The van der Waals surface area contributed by atoms with Gasteiger partial charge in [-0.05, 0) is 37.3 Å². The summed E-state index contributed by atoms with van der Waals surface area (Å²) in [5.74, 6) is 0.165. The number of primary amides is 1. The highest BCUT2D eigenvalue weighted by Gasteiger charge is 2.26. The number of hydrogen-bond donors (Lipinski definition) is 2. The molecule has 8 nitrogen and oxygen atoms in total. The fraction of sp³-hybridized carbons (Fsp3) is 0.474. The molecule has 2 aliphatic rings. The Morgan fingerprint density at radius 1 is 1.11 bits per heavy atom. The molecule has 1 fully saturated rings. The number of aryl methyl sites for hydroxylation is 1. The van der Waals surface area contributed by atoms with Gasteiger partial charge in [-0.25, -0.2) is 9.97 Å². The van der Waals surface area contributed by atoms with Crippen LogP contribution < -0.4 is 16.0 Å². The van der Waals surface area contributed by atoms with Gasteiger partial charge in [-0.1, -0.05) is 0 Å². The lowest BCUT2D eigenvalue weighted by Crippen LogP contribution is -2.49. The molecule has 1 aliphatic heterocycles. The van der Waals surface area contributed by atoms with E-state index >= 15 is 0 Å². The van der Waals surface area contributed by atoms with E-state index in [0.29, 0.717) is 17.1 Å². The van der Waals surface area contributed by atoms with Crippen molar-refractivity contribution < 1.29 is 9.59 Å². The van der Waals surface area contributed by atoms with Gasteiger partial charge in [0.05, 0.1) is 12.1 Å². The van der Waals surface area contributed by atoms with E-state index in [1.807, 2.05) is 0 Å². The largest absolute Gasteiger partial charge is 0.365 e. The fourth-order valence-electron chi connectivity index (χ4n) is 3.84. The highest BCUT2D eigenvalue weighted by molar-refractivity contribution is 7.17. The van der Waals surface area contributed by atoms with Gasteiger partial charge in [-0.2, -0.15) is 0 Å². The zero-order valence-corrected chi connectivity index (χ0v) is 16.5. The van der Waals surface area contributed by atoms with Crippen molar-refractivity contribution >= 4 is 34.1 Å². The van der Waals surface area contributed by atoms with Gasteiger partial charge in [0.1, 0.15) is 5.00 Å². The second-order valence-corrected chi connectivity index (χ2v) is 8.24. The van der Waals surface area contributed by atoms with Crippen molar-refractivity contribution in [3.8, 4) is 0 Å². The van der Waals surface area contributed by atoms with Crippen LogP contribution in [0.15, 0.2) is 18.5 Å². The third-order valence-corrected chi connectivity index (χ3v) is 6.45. The number of nitrogens with one attached hydrogen (secondary N) is 1. The molecule has 1 saturated heterocycles. The Hall–Kier alpha value is -2.52. The van der Waals surface area contributed by atoms with E-state index < -0.39 is 5.91 Å². The molecule has 28 heavy (non-hydrogen) atoms. The quantitative estimate of drug-likeness (QED) is 0.783. The maximum absolute atomic E-state index is 12.6. The van der Waals surface area contributed by atoms with Gasteiger partial charge in [0.2, 0.25) is 11.9 Å². The number of carbonyl (C=O) groups excluding carboxylic acids is 2. The molecule has 9 heteroatoms. The van der Waals surface area contributed by atoms with E-state index in [1.165, 1.54) is 16.2 Å². The molecule has 2 aromatic rings. The third kappa shape index (κ3) is 4.00. The first kappa shape index (κ1) is 18.8. The molecular formula is C19H24N6O2S. The van der Waals surface area contributed by atoms with E-state index in [0.717, 1.165) is 63.4 Å². The average molecular weight is 401 g/mol. The normalized spacial score (nSPS) is 17.2. The summed E-state index contributed by atoms with van der Waals surface area (Å²) in [4.78, 5) is 38.5. The van der Waals surface area contributed by atoms with Gasteiger partial charge < -0.3 is 16.0 Å². The number of amides is 2. The van der Waals surface area contributed by atoms with E-state index in [4.69, 9.17) is 5.73 Å². The topological polar surface area (TPSA) is 104 Å². The van der Waals surface area contributed by atoms with Crippen molar-refractivity contribution in [2.75, 3.05) is 42.9 Å². The molecule has 1 aliphatic carbocycles. The van der Waals surface area contributed by atoms with Crippen molar-refractivity contribution in [2.24, 2.45) is 5.73 Å². The predicted molar refractivity (Wildman–Crippen MR) is 109 cm³/mol. The van der Waals surface area contributed by atoms with Crippen LogP contribution in [0.25, 0.3) is 0 Å². The molecular weight excluding hydrogens is 376 g/mol. The van der Waals surface area contributed by atoms with Crippen LogP contribution >= 0.6 is 11.3 Å². The smallest absolute Gasteiger partial charge is 0.251 e. The number of fused-ring (bicyclic) bond motifs is 1. The first-order valence-electron chi connectivity index (χ1n) is 9.60. The molecule has 0 unspecified atom stereocenters. The summed E-state index contributed by atoms with van der Waals surface area (Å²) in [5, 5.41) is 3.55. The van der Waals surface area contributed by atoms with Crippen molar-refractivity contribution in [1.29, 1.82) is 0 Å². The summed E-state index contributed by atoms with van der Waals surface area (Å²) >= 11 is 1.50. The molecule has 2 amide bonds. The van der Waals surface area contributed by atoms with Crippen LogP contribution in [0.1, 0.15) is 33.6 Å². The lowest BCUT2D eigenvalue weighted by molar-refractivity contribution is -0.117. The minimum Gasteiger partial charge on any atom is -0.365 e. The number of aromatic nitrogens is 2. The van der Waals surface area contributed by atoms with Crippen molar-refractivity contribution in [3.63, 3.8) is 0 Å². The summed E-state index contributed by atoms with van der Waals surface area (Å²) in [7, 11) is 0. The van der Waals surface area contributed by atoms with Crippen LogP contribution in [-0.2, 0) is 17.6 Å². The van der Waals surface area contributed by atoms with Crippen molar-refractivity contribution in [3.05, 3.63) is 34.5 Å². The van der Waals surface area contributed by atoms with Crippen LogP contribution in [0.4, 0.5) is 10.9 Å². The first-order chi connectivity index (χ1) is 13.6. The number of nitrogens with two attached hydrogens (primary N) is 1. The lowest BCUT2D eigenvalue weighted by atomic mass is 9.95. The van der Waals surface area contributed by atoms with E-state index in [9.17, 15) is 9.59 Å². The van der Waals surface area contributed by atoms with Crippen LogP contribution in [0.3, 0.4) is 0 Å². The molecule has 4 rings (SSSR count). The summed E-state index contributed by atoms with van der Waals surface area (Å²) in [6.07, 6.45) is 7.47. The monoisotopic (exact) mass is 400 g/mol. The SMILES string of the molecule is NC(=O)c1c(NC(=O)CN2CCN(c3ncccn3)CC2)sc2c1CCCC2. The summed E-state index contributed by atoms with van der Waals surface area (Å²) in [5.41, 5.74) is 7.15. The second kappa shape index (κ2) is 8.24. The van der Waals surface area contributed by atoms with Crippen molar-refractivity contribution in [1.82, 2.24) is 14.9 Å². The Labute approximate surface area is 167 Å². The van der Waals surface area contributed by atoms with Gasteiger partial charge in [0.15, 0.2) is 0 Å². The fourth-order valence-corrected chi connectivity index (χ4v) is 5.16. The van der Waals surface area contributed by atoms with Crippen LogP contribution in [0.5, 0.6) is 0 Å². The minimum absolute atomic E-state index is 0.106. The Morgan fingerprint density at radius 2 is 1.82 bits per heavy atom. The molecule has 0 bridgehead atoms. The zero-order valence-electron chi connectivity index (χ0n) is 15.7. The summed E-state index contributed by atoms with van der Waals surface area (Å²) < 4.78 is 0. The highest BCUT2D eigenvalue weighted by Crippen LogP contribution is 2.37. The molecule has 0 radical (unpaired) electrons. The molecule has 2 aromatic heterocycles. The lowest BCUT2D eigenvalue weighted by Gasteiger charge is -2.34. The minimum atomic E-state index is -0.453. The number of thiophene rings is 1. The summed E-state index contributed by atoms with van der Waals surface area (Å²) in [6.45, 7) is 3.36. The standard InChI is InChI=1S/C19H24N6O2S/c20-17(27)16-13-4-1-2-5-14(13)28-18(16)23-15(26)12-24-8-10-25(11-9-24)19-21-6-3-7-22-19/h3,6-7H,1-2,4-5,8-12H2,(H2,20,27)(H,23,26). The second-order valence-electron chi connectivity index (χ2n) is 7.14. The molecule has 0 aromatic carbocycles. The molecule has 0 atom stereocenters. The molecule has 0 saturated carbocycles. The average Bonchev–Trinajstić information content (AvgIpc) is 3.07. The van der Waals surface area contributed by atoms with Crippen LogP contribution in [0, 0.1) is 0 Å². The molecule has 3 heterocycles. The van der Waals surface area contributed by atoms with E-state index in [1.54, 1.807) is 18.5 Å². The van der Waals surface area contributed by atoms with Crippen LogP contribution in [-0.4, -0.2) is 59.4 Å². The Kier molecular flexibility index (Phi) is 5.54. The zero-order chi connectivity index (χ0) is 19.5. The Bertz CT molecular complexity index is 861.